The molecule has 18 N–H and O–H groups in total. The van der Waals surface area contributed by atoms with Gasteiger partial charge in [0.2, 0.25) is 5.91 Å². The van der Waals surface area contributed by atoms with Gasteiger partial charge in [0, 0.05) is 25.7 Å². The Morgan fingerprint density at radius 3 is 2.29 bits per heavy atom. The smallest absolute Gasteiger partial charge is 0.249 e. The van der Waals surface area contributed by atoms with E-state index in [4.69, 9.17) is 53.3 Å². The van der Waals surface area contributed by atoms with E-state index in [1.807, 2.05) is 0 Å². The van der Waals surface area contributed by atoms with Gasteiger partial charge in [-0.3, -0.25) is 4.79 Å². The van der Waals surface area contributed by atoms with E-state index in [1.54, 1.807) is 0 Å². The number of amides is 1. The van der Waals surface area contributed by atoms with Crippen LogP contribution in [-0.4, -0.2) is 145 Å². The predicted molar refractivity (Wildman–Crippen MR) is 145 cm³/mol. The van der Waals surface area contributed by atoms with Crippen molar-refractivity contribution in [2.45, 2.75) is 111 Å². The third-order valence-electron chi connectivity index (χ3n) is 7.93. The van der Waals surface area contributed by atoms with Crippen LogP contribution in [0.1, 0.15) is 25.7 Å². The highest BCUT2D eigenvalue weighted by Gasteiger charge is 2.51. The number of aliphatic hydroxyl groups is 4. The third kappa shape index (κ3) is 8.49. The van der Waals surface area contributed by atoms with E-state index in [2.05, 4.69) is 10.6 Å². The van der Waals surface area contributed by atoms with Crippen molar-refractivity contribution in [3.63, 3.8) is 0 Å². The molecule has 0 spiro atoms. The van der Waals surface area contributed by atoms with Crippen molar-refractivity contribution >= 4 is 5.91 Å². The molecule has 17 nitrogen and oxygen atoms in total. The number of rotatable bonds is 13. The Morgan fingerprint density at radius 1 is 0.951 bits per heavy atom. The molecule has 0 bridgehead atoms. The Balaban J connectivity index is 1.92. The maximum atomic E-state index is 12.8. The second kappa shape index (κ2) is 16.1. The topological polar surface area (TPSA) is 315 Å². The lowest BCUT2D eigenvalue weighted by Gasteiger charge is -2.50. The fourth-order valence-corrected chi connectivity index (χ4v) is 5.54. The largest absolute Gasteiger partial charge is 0.394 e. The summed E-state index contributed by atoms with van der Waals surface area (Å²) in [6.07, 6.45) is -8.13. The standard InChI is InChI=1S/C24H50N8O9/c25-4-3-14(34)22(37)32-13-7-12(29)20(40-23-11(28)2-1-10(8-27)38-23)17(31-6-5-26)21(13)41-24-19(36)16(30)18(35)15(9-33)39-24/h10-21,23-24,31,33-36H,1-9,25-30H2,(H,32,37)/t10-,11?,12-,13+,14-,15?,16-,17?,18+,19?,20?,21-,23+,24+/m0/s1. The van der Waals surface area contributed by atoms with Crippen LogP contribution in [0.4, 0.5) is 0 Å². The average Bonchev–Trinajstić information content (AvgIpc) is 2.95. The summed E-state index contributed by atoms with van der Waals surface area (Å²) in [6, 6.07) is -3.90. The van der Waals surface area contributed by atoms with Crippen molar-refractivity contribution < 1.29 is 44.2 Å². The minimum absolute atomic E-state index is 0.0330. The SMILES string of the molecule is NCCNC1C(O[C@H]2O[C@H](CN)CCC2N)[C@@H](N)C[C@@H](NC(=O)[C@@H](O)CCN)[C@@H]1O[C@H]1OC(CO)[C@@H](O)[C@H](N)C1O. The number of nitrogens with one attached hydrogen (secondary N) is 2. The van der Waals surface area contributed by atoms with Gasteiger partial charge in [-0.1, -0.05) is 0 Å². The fraction of sp³-hybridized carbons (Fsp3) is 0.958. The molecule has 2 aliphatic heterocycles. The first-order chi connectivity index (χ1) is 19.6. The molecule has 2 saturated heterocycles. The maximum absolute atomic E-state index is 12.8. The van der Waals surface area contributed by atoms with Crippen molar-refractivity contribution in [3.8, 4) is 0 Å². The zero-order chi connectivity index (χ0) is 30.3. The molecule has 17 heteroatoms. The molecule has 14 atom stereocenters. The molecule has 0 aromatic heterocycles. The predicted octanol–water partition coefficient (Wildman–Crippen LogP) is -6.84. The summed E-state index contributed by atoms with van der Waals surface area (Å²) >= 11 is 0. The third-order valence-corrected chi connectivity index (χ3v) is 7.93. The average molecular weight is 595 g/mol. The highest BCUT2D eigenvalue weighted by atomic mass is 16.7. The van der Waals surface area contributed by atoms with E-state index in [-0.39, 0.29) is 38.6 Å². The van der Waals surface area contributed by atoms with E-state index in [0.29, 0.717) is 19.4 Å². The Morgan fingerprint density at radius 2 is 1.66 bits per heavy atom. The summed E-state index contributed by atoms with van der Waals surface area (Å²) in [4.78, 5) is 12.8. The fourth-order valence-electron chi connectivity index (χ4n) is 5.54. The Kier molecular flexibility index (Phi) is 13.5. The van der Waals surface area contributed by atoms with Crippen molar-refractivity contribution in [1.82, 2.24) is 10.6 Å². The van der Waals surface area contributed by atoms with Crippen LogP contribution in [-0.2, 0) is 23.7 Å². The second-order valence-corrected chi connectivity index (χ2v) is 11.0. The molecule has 3 fully saturated rings. The minimum atomic E-state index is -1.49. The molecule has 41 heavy (non-hydrogen) atoms. The van der Waals surface area contributed by atoms with E-state index < -0.39 is 91.9 Å². The number of ether oxygens (including phenoxy) is 4. The lowest BCUT2D eigenvalue weighted by Crippen LogP contribution is -2.72. The van der Waals surface area contributed by atoms with E-state index >= 15 is 0 Å². The molecule has 1 saturated carbocycles. The monoisotopic (exact) mass is 594 g/mol. The Labute approximate surface area is 239 Å². The molecule has 1 aliphatic carbocycles. The number of nitrogens with two attached hydrogens (primary N) is 6. The van der Waals surface area contributed by atoms with Gasteiger partial charge in [-0.2, -0.15) is 0 Å². The molecule has 5 unspecified atom stereocenters. The molecule has 3 aliphatic rings. The van der Waals surface area contributed by atoms with Gasteiger partial charge in [-0.25, -0.2) is 0 Å². The van der Waals surface area contributed by atoms with Crippen LogP contribution >= 0.6 is 0 Å². The van der Waals surface area contributed by atoms with Gasteiger partial charge in [0.1, 0.15) is 24.4 Å². The van der Waals surface area contributed by atoms with Gasteiger partial charge >= 0.3 is 0 Å². The molecule has 0 aromatic rings. The van der Waals surface area contributed by atoms with Gasteiger partial charge in [0.25, 0.3) is 0 Å². The molecule has 2 heterocycles. The van der Waals surface area contributed by atoms with Gasteiger partial charge in [-0.15, -0.1) is 0 Å². The Bertz CT molecular complexity index is 804. The second-order valence-electron chi connectivity index (χ2n) is 11.0. The van der Waals surface area contributed by atoms with E-state index in [1.165, 1.54) is 0 Å². The number of aliphatic hydroxyl groups excluding tert-OH is 4. The molecule has 0 aromatic carbocycles. The first kappa shape index (κ1) is 34.4. The highest BCUT2D eigenvalue weighted by Crippen LogP contribution is 2.31. The zero-order valence-electron chi connectivity index (χ0n) is 23.2. The first-order valence-electron chi connectivity index (χ1n) is 14.2. The molecular weight excluding hydrogens is 544 g/mol. The first-order valence-corrected chi connectivity index (χ1v) is 14.2. The zero-order valence-corrected chi connectivity index (χ0v) is 23.2. The van der Waals surface area contributed by atoms with E-state index in [9.17, 15) is 25.2 Å². The van der Waals surface area contributed by atoms with Gasteiger partial charge in [0.05, 0.1) is 49.1 Å². The lowest BCUT2D eigenvalue weighted by molar-refractivity contribution is -0.303. The molecule has 0 radical (unpaired) electrons. The number of carbonyl (C=O) groups is 1. The highest BCUT2D eigenvalue weighted by molar-refractivity contribution is 5.80. The van der Waals surface area contributed by atoms with Gasteiger partial charge < -0.3 is 84.4 Å². The van der Waals surface area contributed by atoms with Crippen LogP contribution in [0.5, 0.6) is 0 Å². The van der Waals surface area contributed by atoms with Crippen LogP contribution in [0.15, 0.2) is 0 Å². The molecule has 240 valence electrons. The summed E-state index contributed by atoms with van der Waals surface area (Å²) in [6.45, 7) is 0.326. The summed E-state index contributed by atoms with van der Waals surface area (Å²) in [7, 11) is 0. The lowest BCUT2D eigenvalue weighted by atomic mass is 9.81. The molecule has 3 rings (SSSR count). The quantitative estimate of drug-likeness (QED) is 0.0942. The van der Waals surface area contributed by atoms with E-state index in [0.717, 1.165) is 0 Å². The van der Waals surface area contributed by atoms with Gasteiger partial charge in [0.15, 0.2) is 12.6 Å². The summed E-state index contributed by atoms with van der Waals surface area (Å²) < 4.78 is 24.3. The van der Waals surface area contributed by atoms with Crippen molar-refractivity contribution in [3.05, 3.63) is 0 Å². The maximum Gasteiger partial charge on any atom is 0.249 e. The number of carbonyl (C=O) groups excluding carboxylic acids is 1. The molecule has 1 amide bonds. The van der Waals surface area contributed by atoms with Crippen LogP contribution < -0.4 is 45.0 Å². The normalized spacial score (nSPS) is 42.5. The minimum Gasteiger partial charge on any atom is -0.394 e. The number of hydrogen-bond donors (Lipinski definition) is 12. The van der Waals surface area contributed by atoms with Crippen LogP contribution in [0.3, 0.4) is 0 Å². The molecular formula is C24H50N8O9. The summed E-state index contributed by atoms with van der Waals surface area (Å²) in [5, 5.41) is 47.1. The van der Waals surface area contributed by atoms with Crippen LogP contribution in [0.2, 0.25) is 0 Å². The van der Waals surface area contributed by atoms with Crippen molar-refractivity contribution in [2.24, 2.45) is 34.4 Å². The summed E-state index contributed by atoms with van der Waals surface area (Å²) in [5.74, 6) is -0.688. The van der Waals surface area contributed by atoms with Crippen molar-refractivity contribution in [2.75, 3.05) is 32.8 Å². The van der Waals surface area contributed by atoms with Crippen LogP contribution in [0, 0.1) is 0 Å². The number of hydrogen-bond acceptors (Lipinski definition) is 16. The van der Waals surface area contributed by atoms with Gasteiger partial charge in [-0.05, 0) is 32.2 Å². The van der Waals surface area contributed by atoms with Crippen molar-refractivity contribution in [1.29, 1.82) is 0 Å². The van der Waals surface area contributed by atoms with Crippen LogP contribution in [0.25, 0.3) is 0 Å². The Hall–Kier alpha value is -1.13. The summed E-state index contributed by atoms with van der Waals surface area (Å²) in [5.41, 5.74) is 36.0.